The molecule has 0 spiro atoms. The van der Waals surface area contributed by atoms with E-state index in [0.29, 0.717) is 28.5 Å². The highest BCUT2D eigenvalue weighted by atomic mass is 35.5. The first kappa shape index (κ1) is 13.7. The maximum Gasteiger partial charge on any atom is 0.180 e. The van der Waals surface area contributed by atoms with E-state index in [2.05, 4.69) is 5.32 Å². The van der Waals surface area contributed by atoms with E-state index < -0.39 is 0 Å². The van der Waals surface area contributed by atoms with Crippen LogP contribution in [-0.4, -0.2) is 31.6 Å². The quantitative estimate of drug-likeness (QED) is 0.870. The van der Waals surface area contributed by atoms with Crippen molar-refractivity contribution in [3.8, 4) is 11.5 Å². The minimum absolute atomic E-state index is 0.0310. The summed E-state index contributed by atoms with van der Waals surface area (Å²) >= 11 is 6.45. The Balaban J connectivity index is 2.20. The minimum atomic E-state index is 0.0310. The molecule has 2 unspecified atom stereocenters. The van der Waals surface area contributed by atoms with Crippen molar-refractivity contribution >= 4 is 17.4 Å². The number of halogens is 1. The molecule has 1 aromatic rings. The van der Waals surface area contributed by atoms with Crippen LogP contribution in [0.15, 0.2) is 0 Å². The van der Waals surface area contributed by atoms with Gasteiger partial charge in [0.2, 0.25) is 0 Å². The Morgan fingerprint density at radius 2 is 1.80 bits per heavy atom. The fourth-order valence-electron chi connectivity index (χ4n) is 3.01. The van der Waals surface area contributed by atoms with Crippen molar-refractivity contribution in [1.82, 2.24) is 5.32 Å². The van der Waals surface area contributed by atoms with E-state index >= 15 is 0 Å². The van der Waals surface area contributed by atoms with Crippen LogP contribution in [0.3, 0.4) is 0 Å². The Bertz CT molecular complexity index is 546. The van der Waals surface area contributed by atoms with Gasteiger partial charge in [0.1, 0.15) is 23.7 Å². The maximum atomic E-state index is 12.4. The molecule has 2 aliphatic heterocycles. The third-order valence-corrected chi connectivity index (χ3v) is 4.18. The standard InChI is InChI=1S/C15H18ClNO3/c1-7-4-9-12(11(18)6-17-3)14-10(5-8(2)19-14)13(16)15(9)20-7/h7-8,17H,4-6H2,1-3H3. The van der Waals surface area contributed by atoms with Crippen LogP contribution in [-0.2, 0) is 12.8 Å². The number of nitrogens with one attached hydrogen (secondary N) is 1. The number of carbonyl (C=O) groups excluding carboxylic acids is 1. The number of hydrogen-bond donors (Lipinski definition) is 1. The lowest BCUT2D eigenvalue weighted by Gasteiger charge is -2.14. The molecule has 4 nitrogen and oxygen atoms in total. The molecule has 108 valence electrons. The predicted octanol–water partition coefficient (Wildman–Crippen LogP) is 2.39. The Hall–Kier alpha value is -1.26. The smallest absolute Gasteiger partial charge is 0.180 e. The first-order valence-corrected chi connectivity index (χ1v) is 7.29. The van der Waals surface area contributed by atoms with E-state index in [4.69, 9.17) is 21.1 Å². The van der Waals surface area contributed by atoms with Gasteiger partial charge in [-0.1, -0.05) is 11.6 Å². The molecule has 0 aromatic heterocycles. The third kappa shape index (κ3) is 1.98. The van der Waals surface area contributed by atoms with Gasteiger partial charge in [-0.05, 0) is 20.9 Å². The van der Waals surface area contributed by atoms with Gasteiger partial charge in [0, 0.05) is 24.0 Å². The zero-order valence-electron chi connectivity index (χ0n) is 11.9. The Morgan fingerprint density at radius 1 is 1.20 bits per heavy atom. The van der Waals surface area contributed by atoms with Crippen molar-refractivity contribution in [1.29, 1.82) is 0 Å². The van der Waals surface area contributed by atoms with Gasteiger partial charge in [-0.2, -0.15) is 0 Å². The second kappa shape index (κ2) is 4.93. The van der Waals surface area contributed by atoms with E-state index in [1.54, 1.807) is 7.05 Å². The van der Waals surface area contributed by atoms with Gasteiger partial charge in [-0.3, -0.25) is 4.79 Å². The van der Waals surface area contributed by atoms with Crippen molar-refractivity contribution < 1.29 is 14.3 Å². The summed E-state index contributed by atoms with van der Waals surface area (Å²) in [5.41, 5.74) is 2.46. The number of ketones is 1. The molecule has 0 saturated heterocycles. The number of ether oxygens (including phenoxy) is 2. The summed E-state index contributed by atoms with van der Waals surface area (Å²) in [5.74, 6) is 1.37. The van der Waals surface area contributed by atoms with Crippen molar-refractivity contribution in [3.05, 3.63) is 21.7 Å². The van der Waals surface area contributed by atoms with Gasteiger partial charge in [-0.15, -0.1) is 0 Å². The van der Waals surface area contributed by atoms with Gasteiger partial charge < -0.3 is 14.8 Å². The van der Waals surface area contributed by atoms with Gasteiger partial charge in [0.25, 0.3) is 0 Å². The average Bonchev–Trinajstić information content (AvgIpc) is 2.93. The van der Waals surface area contributed by atoms with Gasteiger partial charge in [-0.25, -0.2) is 0 Å². The molecule has 2 aliphatic rings. The fourth-order valence-corrected chi connectivity index (χ4v) is 3.33. The van der Waals surface area contributed by atoms with Crippen molar-refractivity contribution in [3.63, 3.8) is 0 Å². The Kier molecular flexibility index (Phi) is 3.38. The molecule has 0 aliphatic carbocycles. The number of likely N-dealkylation sites (N-methyl/N-ethyl adjacent to an activating group) is 1. The minimum Gasteiger partial charge on any atom is -0.489 e. The highest BCUT2D eigenvalue weighted by Crippen LogP contribution is 2.49. The SMILES string of the molecule is CNCC(=O)c1c2c(c(Cl)c3c1OC(C)C3)OC(C)C2. The molecule has 1 N–H and O–H groups in total. The lowest BCUT2D eigenvalue weighted by Crippen LogP contribution is -2.21. The Labute approximate surface area is 123 Å². The molecule has 2 heterocycles. The molecule has 2 atom stereocenters. The molecule has 3 rings (SSSR count). The first-order chi connectivity index (χ1) is 9.52. The molecule has 0 amide bonds. The van der Waals surface area contributed by atoms with E-state index in [-0.39, 0.29) is 24.5 Å². The van der Waals surface area contributed by atoms with E-state index in [9.17, 15) is 4.79 Å². The summed E-state index contributed by atoms with van der Waals surface area (Å²) < 4.78 is 11.7. The van der Waals surface area contributed by atoms with Crippen LogP contribution < -0.4 is 14.8 Å². The second-order valence-corrected chi connectivity index (χ2v) is 5.90. The average molecular weight is 296 g/mol. The largest absolute Gasteiger partial charge is 0.489 e. The maximum absolute atomic E-state index is 12.4. The van der Waals surface area contributed by atoms with Crippen molar-refractivity contribution in [2.75, 3.05) is 13.6 Å². The molecular formula is C15H18ClNO3. The molecule has 5 heteroatoms. The van der Waals surface area contributed by atoms with Crippen LogP contribution >= 0.6 is 11.6 Å². The molecular weight excluding hydrogens is 278 g/mol. The van der Waals surface area contributed by atoms with Crippen molar-refractivity contribution in [2.24, 2.45) is 0 Å². The molecule has 20 heavy (non-hydrogen) atoms. The van der Waals surface area contributed by atoms with Gasteiger partial charge >= 0.3 is 0 Å². The number of hydrogen-bond acceptors (Lipinski definition) is 4. The number of fused-ring (bicyclic) bond motifs is 2. The molecule has 0 saturated carbocycles. The van der Waals surface area contributed by atoms with Crippen LogP contribution in [0.4, 0.5) is 0 Å². The summed E-state index contributed by atoms with van der Waals surface area (Å²) in [6.45, 7) is 4.25. The normalized spacial score (nSPS) is 23.0. The number of Topliss-reactive ketones (excluding diaryl/α,β-unsaturated/α-hetero) is 1. The lowest BCUT2D eigenvalue weighted by atomic mass is 9.95. The van der Waals surface area contributed by atoms with E-state index in [1.165, 1.54) is 0 Å². The summed E-state index contributed by atoms with van der Waals surface area (Å²) in [7, 11) is 1.76. The van der Waals surface area contributed by atoms with Crippen LogP contribution in [0.5, 0.6) is 11.5 Å². The van der Waals surface area contributed by atoms with Crippen molar-refractivity contribution in [2.45, 2.75) is 38.9 Å². The number of carbonyl (C=O) groups is 1. The number of rotatable bonds is 3. The molecule has 0 bridgehead atoms. The first-order valence-electron chi connectivity index (χ1n) is 6.91. The van der Waals surface area contributed by atoms with Crippen LogP contribution in [0, 0.1) is 0 Å². The van der Waals surface area contributed by atoms with Crippen LogP contribution in [0.2, 0.25) is 5.02 Å². The summed E-state index contributed by atoms with van der Waals surface area (Å²) in [5, 5.41) is 3.52. The monoisotopic (exact) mass is 295 g/mol. The van der Waals surface area contributed by atoms with Crippen LogP contribution in [0.25, 0.3) is 0 Å². The molecule has 1 aromatic carbocycles. The second-order valence-electron chi connectivity index (χ2n) is 5.52. The van der Waals surface area contributed by atoms with Gasteiger partial charge in [0.05, 0.1) is 17.1 Å². The zero-order valence-corrected chi connectivity index (χ0v) is 12.6. The molecule has 0 fully saturated rings. The van der Waals surface area contributed by atoms with E-state index in [1.807, 2.05) is 13.8 Å². The summed E-state index contributed by atoms with van der Waals surface area (Å²) in [6.07, 6.45) is 1.51. The lowest BCUT2D eigenvalue weighted by molar-refractivity contribution is 0.0988. The summed E-state index contributed by atoms with van der Waals surface area (Å²) in [6, 6.07) is 0. The summed E-state index contributed by atoms with van der Waals surface area (Å²) in [4.78, 5) is 12.4. The zero-order chi connectivity index (χ0) is 14.4. The fraction of sp³-hybridized carbons (Fsp3) is 0.533. The van der Waals surface area contributed by atoms with Gasteiger partial charge in [0.15, 0.2) is 5.78 Å². The topological polar surface area (TPSA) is 47.6 Å². The highest BCUT2D eigenvalue weighted by Gasteiger charge is 2.37. The third-order valence-electron chi connectivity index (χ3n) is 3.78. The highest BCUT2D eigenvalue weighted by molar-refractivity contribution is 6.33. The predicted molar refractivity (Wildman–Crippen MR) is 77.3 cm³/mol. The Morgan fingerprint density at radius 3 is 2.45 bits per heavy atom. The van der Waals surface area contributed by atoms with Crippen LogP contribution in [0.1, 0.15) is 35.3 Å². The van der Waals surface area contributed by atoms with E-state index in [0.717, 1.165) is 17.5 Å². The molecule has 0 radical (unpaired) electrons. The number of benzene rings is 1.